The molecule has 0 unspecified atom stereocenters. The Labute approximate surface area is 98.9 Å². The summed E-state index contributed by atoms with van der Waals surface area (Å²) in [7, 11) is 0. The molecule has 0 atom stereocenters. The van der Waals surface area contributed by atoms with Crippen LogP contribution in [0.25, 0.3) is 22.0 Å². The molecule has 0 saturated heterocycles. The van der Waals surface area contributed by atoms with Crippen molar-refractivity contribution < 1.29 is 0 Å². The zero-order valence-corrected chi connectivity index (χ0v) is 9.17. The second-order valence-electron chi connectivity index (χ2n) is 3.88. The lowest BCUT2D eigenvalue weighted by Gasteiger charge is -2.05. The summed E-state index contributed by atoms with van der Waals surface area (Å²) in [4.78, 5) is 8.51. The van der Waals surface area contributed by atoms with Crippen LogP contribution < -0.4 is 5.73 Å². The van der Waals surface area contributed by atoms with Gasteiger partial charge in [-0.1, -0.05) is 18.2 Å². The van der Waals surface area contributed by atoms with Crippen LogP contribution in [0.4, 0.5) is 5.69 Å². The summed E-state index contributed by atoms with van der Waals surface area (Å²) in [5.74, 6) is 0. The average Bonchev–Trinajstić information content (AvgIpc) is 2.39. The molecule has 0 aliphatic heterocycles. The van der Waals surface area contributed by atoms with Gasteiger partial charge >= 0.3 is 0 Å². The molecular weight excluding hydrogens is 210 g/mol. The second kappa shape index (κ2) is 3.87. The van der Waals surface area contributed by atoms with Crippen molar-refractivity contribution in [1.82, 2.24) is 9.97 Å². The summed E-state index contributed by atoms with van der Waals surface area (Å²) in [5, 5.41) is 1.10. The molecule has 17 heavy (non-hydrogen) atoms. The molecule has 0 fully saturated rings. The summed E-state index contributed by atoms with van der Waals surface area (Å²) < 4.78 is 0. The number of rotatable bonds is 1. The Morgan fingerprint density at radius 1 is 1.00 bits per heavy atom. The fourth-order valence-electron chi connectivity index (χ4n) is 1.86. The van der Waals surface area contributed by atoms with Gasteiger partial charge in [0.25, 0.3) is 0 Å². The van der Waals surface area contributed by atoms with Gasteiger partial charge in [0, 0.05) is 40.8 Å². The van der Waals surface area contributed by atoms with E-state index in [4.69, 9.17) is 5.73 Å². The standard InChI is InChI=1S/C14H11N3/c15-13-5-6-16-9-12(13)11-7-10-3-1-2-4-14(10)17-8-11/h1-9H,(H2,15,16). The lowest BCUT2D eigenvalue weighted by atomic mass is 10.1. The molecular formula is C14H11N3. The van der Waals surface area contributed by atoms with Crippen LogP contribution in [0.2, 0.25) is 0 Å². The predicted molar refractivity (Wildman–Crippen MR) is 69.4 cm³/mol. The van der Waals surface area contributed by atoms with Crippen LogP contribution in [-0.2, 0) is 0 Å². The van der Waals surface area contributed by atoms with Gasteiger partial charge in [-0.3, -0.25) is 9.97 Å². The van der Waals surface area contributed by atoms with E-state index in [2.05, 4.69) is 16.0 Å². The predicted octanol–water partition coefficient (Wildman–Crippen LogP) is 2.88. The Morgan fingerprint density at radius 2 is 1.88 bits per heavy atom. The minimum absolute atomic E-state index is 0.720. The van der Waals surface area contributed by atoms with Gasteiger partial charge in [-0.2, -0.15) is 0 Å². The van der Waals surface area contributed by atoms with Crippen molar-refractivity contribution in [1.29, 1.82) is 0 Å². The van der Waals surface area contributed by atoms with Crippen molar-refractivity contribution in [3.05, 3.63) is 55.0 Å². The highest BCUT2D eigenvalue weighted by molar-refractivity contribution is 5.85. The molecule has 1 aromatic carbocycles. The minimum atomic E-state index is 0.720. The summed E-state index contributed by atoms with van der Waals surface area (Å²) in [6, 6.07) is 11.9. The van der Waals surface area contributed by atoms with Gasteiger partial charge in [-0.25, -0.2) is 0 Å². The molecule has 2 aromatic heterocycles. The molecule has 0 saturated carbocycles. The van der Waals surface area contributed by atoms with Gasteiger partial charge in [-0.05, 0) is 18.2 Å². The van der Waals surface area contributed by atoms with Crippen LogP contribution >= 0.6 is 0 Å². The van der Waals surface area contributed by atoms with E-state index >= 15 is 0 Å². The molecule has 0 bridgehead atoms. The lowest BCUT2D eigenvalue weighted by Crippen LogP contribution is -1.91. The Morgan fingerprint density at radius 3 is 2.76 bits per heavy atom. The molecule has 3 heteroatoms. The smallest absolute Gasteiger partial charge is 0.0702 e. The van der Waals surface area contributed by atoms with Gasteiger partial charge < -0.3 is 5.73 Å². The maximum atomic E-state index is 5.93. The monoisotopic (exact) mass is 221 g/mol. The van der Waals surface area contributed by atoms with Gasteiger partial charge in [0.1, 0.15) is 0 Å². The van der Waals surface area contributed by atoms with Crippen LogP contribution in [0.15, 0.2) is 55.0 Å². The van der Waals surface area contributed by atoms with Gasteiger partial charge in [0.2, 0.25) is 0 Å². The SMILES string of the molecule is Nc1ccncc1-c1cnc2ccccc2c1. The molecule has 3 nitrogen and oxygen atoms in total. The maximum absolute atomic E-state index is 5.93. The van der Waals surface area contributed by atoms with E-state index in [-0.39, 0.29) is 0 Å². The number of fused-ring (bicyclic) bond motifs is 1. The highest BCUT2D eigenvalue weighted by Gasteiger charge is 2.03. The quantitative estimate of drug-likeness (QED) is 0.687. The molecule has 0 radical (unpaired) electrons. The number of aromatic nitrogens is 2. The number of hydrogen-bond donors (Lipinski definition) is 1. The summed E-state index contributed by atoms with van der Waals surface area (Å²) >= 11 is 0. The maximum Gasteiger partial charge on any atom is 0.0702 e. The Balaban J connectivity index is 2.22. The van der Waals surface area contributed by atoms with Crippen LogP contribution in [0, 0.1) is 0 Å². The molecule has 2 N–H and O–H groups in total. The molecule has 82 valence electrons. The van der Waals surface area contributed by atoms with E-state index in [9.17, 15) is 0 Å². The van der Waals surface area contributed by atoms with E-state index in [1.165, 1.54) is 0 Å². The molecule has 0 spiro atoms. The number of anilines is 1. The van der Waals surface area contributed by atoms with Crippen molar-refractivity contribution in [3.8, 4) is 11.1 Å². The third kappa shape index (κ3) is 1.72. The van der Waals surface area contributed by atoms with E-state index < -0.39 is 0 Å². The van der Waals surface area contributed by atoms with E-state index in [0.29, 0.717) is 0 Å². The highest BCUT2D eigenvalue weighted by Crippen LogP contribution is 2.26. The zero-order chi connectivity index (χ0) is 11.7. The van der Waals surface area contributed by atoms with Crippen LogP contribution in [0.3, 0.4) is 0 Å². The Bertz CT molecular complexity index is 677. The number of benzene rings is 1. The van der Waals surface area contributed by atoms with Crippen LogP contribution in [0.1, 0.15) is 0 Å². The molecule has 2 heterocycles. The van der Waals surface area contributed by atoms with Crippen molar-refractivity contribution in [2.75, 3.05) is 5.73 Å². The lowest BCUT2D eigenvalue weighted by molar-refractivity contribution is 1.32. The molecule has 3 aromatic rings. The van der Waals surface area contributed by atoms with E-state index in [1.54, 1.807) is 18.5 Å². The van der Waals surface area contributed by atoms with Crippen molar-refractivity contribution >= 4 is 16.6 Å². The van der Waals surface area contributed by atoms with Gasteiger partial charge in [0.05, 0.1) is 5.52 Å². The third-order valence-electron chi connectivity index (χ3n) is 2.76. The number of pyridine rings is 2. The van der Waals surface area contributed by atoms with Crippen molar-refractivity contribution in [2.45, 2.75) is 0 Å². The zero-order valence-electron chi connectivity index (χ0n) is 9.17. The first-order valence-electron chi connectivity index (χ1n) is 5.39. The van der Waals surface area contributed by atoms with Crippen molar-refractivity contribution in [3.63, 3.8) is 0 Å². The number of nitrogens with two attached hydrogens (primary N) is 1. The van der Waals surface area contributed by atoms with Gasteiger partial charge in [-0.15, -0.1) is 0 Å². The van der Waals surface area contributed by atoms with E-state index in [1.807, 2.05) is 30.5 Å². The number of nitrogen functional groups attached to an aromatic ring is 1. The largest absolute Gasteiger partial charge is 0.398 e. The number of nitrogens with zero attached hydrogens (tertiary/aromatic N) is 2. The molecule has 3 rings (SSSR count). The Kier molecular flexibility index (Phi) is 2.22. The molecule has 0 amide bonds. The fraction of sp³-hybridized carbons (Fsp3) is 0. The Hall–Kier alpha value is -2.42. The van der Waals surface area contributed by atoms with Crippen LogP contribution in [-0.4, -0.2) is 9.97 Å². The summed E-state index contributed by atoms with van der Waals surface area (Å²) in [6.45, 7) is 0. The first kappa shape index (κ1) is 9.78. The van der Waals surface area contributed by atoms with Crippen LogP contribution in [0.5, 0.6) is 0 Å². The first-order valence-corrected chi connectivity index (χ1v) is 5.39. The second-order valence-corrected chi connectivity index (χ2v) is 3.88. The summed E-state index contributed by atoms with van der Waals surface area (Å²) in [6.07, 6.45) is 5.28. The number of hydrogen-bond acceptors (Lipinski definition) is 3. The van der Waals surface area contributed by atoms with Gasteiger partial charge in [0.15, 0.2) is 0 Å². The fourth-order valence-corrected chi connectivity index (χ4v) is 1.86. The summed E-state index contributed by atoms with van der Waals surface area (Å²) in [5.41, 5.74) is 9.55. The normalized spacial score (nSPS) is 10.6. The molecule has 0 aliphatic carbocycles. The highest BCUT2D eigenvalue weighted by atomic mass is 14.7. The van der Waals surface area contributed by atoms with E-state index in [0.717, 1.165) is 27.7 Å². The number of para-hydroxylation sites is 1. The minimum Gasteiger partial charge on any atom is -0.398 e. The average molecular weight is 221 g/mol. The first-order chi connectivity index (χ1) is 8.34. The van der Waals surface area contributed by atoms with Crippen molar-refractivity contribution in [2.24, 2.45) is 0 Å². The topological polar surface area (TPSA) is 51.8 Å². The third-order valence-corrected chi connectivity index (χ3v) is 2.76. The molecule has 0 aliphatic rings.